The van der Waals surface area contributed by atoms with Gasteiger partial charge in [0, 0.05) is 16.3 Å². The van der Waals surface area contributed by atoms with Crippen LogP contribution in [0.15, 0.2) is 46.9 Å². The Morgan fingerprint density at radius 1 is 1.22 bits per heavy atom. The number of anilines is 1. The molecule has 7 heteroatoms. The Labute approximate surface area is 146 Å². The minimum absolute atomic E-state index is 0.321. The minimum Gasteiger partial charge on any atom is -0.480 e. The van der Waals surface area contributed by atoms with Crippen molar-refractivity contribution in [1.29, 1.82) is 0 Å². The summed E-state index contributed by atoms with van der Waals surface area (Å²) in [6, 6.07) is 11.3. The number of nitrogens with one attached hydrogen (secondary N) is 1. The normalized spacial score (nSPS) is 11.6. The fraction of sp³-hybridized carbons (Fsp3) is 0.125. The van der Waals surface area contributed by atoms with Gasteiger partial charge in [-0.15, -0.1) is 0 Å². The largest absolute Gasteiger partial charge is 0.480 e. The number of primary amides is 1. The van der Waals surface area contributed by atoms with Gasteiger partial charge in [0.15, 0.2) is 6.10 Å². The highest BCUT2D eigenvalue weighted by Gasteiger charge is 2.16. The summed E-state index contributed by atoms with van der Waals surface area (Å²) in [5.41, 5.74) is 6.08. The highest BCUT2D eigenvalue weighted by atomic mass is 79.9. The van der Waals surface area contributed by atoms with Crippen molar-refractivity contribution in [3.8, 4) is 5.75 Å². The molecule has 0 aliphatic heterocycles. The van der Waals surface area contributed by atoms with Crippen LogP contribution < -0.4 is 15.8 Å². The minimum atomic E-state index is -0.719. The fourth-order valence-electron chi connectivity index (χ4n) is 1.78. The number of ether oxygens (including phenoxy) is 1. The summed E-state index contributed by atoms with van der Waals surface area (Å²) in [6.45, 7) is 1.63. The molecule has 2 rings (SSSR count). The number of amides is 2. The molecule has 0 fully saturated rings. The highest BCUT2D eigenvalue weighted by Crippen LogP contribution is 2.28. The lowest BCUT2D eigenvalue weighted by Gasteiger charge is -2.16. The number of halogens is 2. The summed E-state index contributed by atoms with van der Waals surface area (Å²) in [4.78, 5) is 23.1. The maximum atomic E-state index is 12.1. The van der Waals surface area contributed by atoms with Crippen LogP contribution in [0.25, 0.3) is 0 Å². The molecule has 3 N–H and O–H groups in total. The summed E-state index contributed by atoms with van der Waals surface area (Å²) in [6.07, 6.45) is -0.719. The lowest BCUT2D eigenvalue weighted by molar-refractivity contribution is -0.122. The average Bonchev–Trinajstić information content (AvgIpc) is 2.50. The van der Waals surface area contributed by atoms with Crippen molar-refractivity contribution in [3.63, 3.8) is 0 Å². The van der Waals surface area contributed by atoms with Gasteiger partial charge in [0.25, 0.3) is 5.91 Å². The van der Waals surface area contributed by atoms with Gasteiger partial charge >= 0.3 is 0 Å². The lowest BCUT2D eigenvalue weighted by atomic mass is 10.2. The molecule has 2 amide bonds. The average molecular weight is 398 g/mol. The summed E-state index contributed by atoms with van der Waals surface area (Å²) >= 11 is 9.19. The molecule has 0 saturated carbocycles. The van der Waals surface area contributed by atoms with E-state index in [0.29, 0.717) is 26.5 Å². The lowest BCUT2D eigenvalue weighted by Crippen LogP contribution is -2.30. The zero-order valence-corrected chi connectivity index (χ0v) is 14.5. The van der Waals surface area contributed by atoms with Crippen molar-refractivity contribution in [2.75, 3.05) is 5.32 Å². The summed E-state index contributed by atoms with van der Waals surface area (Å²) < 4.78 is 6.27. The van der Waals surface area contributed by atoms with Gasteiger partial charge in [-0.1, -0.05) is 11.6 Å². The van der Waals surface area contributed by atoms with Gasteiger partial charge < -0.3 is 15.8 Å². The molecule has 0 spiro atoms. The Bertz CT molecular complexity index is 735. The van der Waals surface area contributed by atoms with Crippen LogP contribution in [0.5, 0.6) is 5.75 Å². The van der Waals surface area contributed by atoms with Crippen LogP contribution >= 0.6 is 27.5 Å². The third kappa shape index (κ3) is 4.71. The Kier molecular flexibility index (Phi) is 5.63. The standard InChI is InChI=1S/C16H14BrClN2O3/c1-9(23-14-7-4-11(18)8-13(14)17)16(22)20-12-5-2-10(3-6-12)15(19)21/h2-9H,1H3,(H2,19,21)(H,20,22)/t9-/m0/s1. The van der Waals surface area contributed by atoms with Crippen molar-refractivity contribution < 1.29 is 14.3 Å². The van der Waals surface area contributed by atoms with Crippen molar-refractivity contribution in [2.45, 2.75) is 13.0 Å². The van der Waals surface area contributed by atoms with E-state index in [0.717, 1.165) is 0 Å². The summed E-state index contributed by atoms with van der Waals surface area (Å²) in [7, 11) is 0. The van der Waals surface area contributed by atoms with Crippen LogP contribution in [0.4, 0.5) is 5.69 Å². The van der Waals surface area contributed by atoms with Crippen LogP contribution in [0.2, 0.25) is 5.02 Å². The molecule has 0 aliphatic rings. The first kappa shape index (κ1) is 17.3. The third-order valence-electron chi connectivity index (χ3n) is 3.00. The number of rotatable bonds is 5. The van der Waals surface area contributed by atoms with E-state index in [1.54, 1.807) is 49.4 Å². The smallest absolute Gasteiger partial charge is 0.265 e. The molecule has 0 radical (unpaired) electrons. The monoisotopic (exact) mass is 396 g/mol. The number of carbonyl (C=O) groups is 2. The van der Waals surface area contributed by atoms with E-state index in [1.165, 1.54) is 0 Å². The first-order valence-electron chi connectivity index (χ1n) is 6.69. The molecule has 0 unspecified atom stereocenters. The molecule has 0 aromatic heterocycles. The molecule has 0 bridgehead atoms. The van der Waals surface area contributed by atoms with Crippen LogP contribution in [-0.4, -0.2) is 17.9 Å². The zero-order valence-electron chi connectivity index (χ0n) is 12.2. The van der Waals surface area contributed by atoms with Crippen molar-refractivity contribution in [2.24, 2.45) is 5.73 Å². The zero-order chi connectivity index (χ0) is 17.0. The number of nitrogens with two attached hydrogens (primary N) is 1. The Balaban J connectivity index is 2.00. The van der Waals surface area contributed by atoms with Gasteiger partial charge in [0.2, 0.25) is 5.91 Å². The molecule has 2 aromatic rings. The molecule has 0 saturated heterocycles. The van der Waals surface area contributed by atoms with Gasteiger partial charge in [-0.3, -0.25) is 9.59 Å². The van der Waals surface area contributed by atoms with Gasteiger partial charge in [-0.05, 0) is 65.3 Å². The van der Waals surface area contributed by atoms with Crippen LogP contribution in [0, 0.1) is 0 Å². The summed E-state index contributed by atoms with van der Waals surface area (Å²) in [5.74, 6) is -0.327. The molecule has 2 aromatic carbocycles. The molecular weight excluding hydrogens is 384 g/mol. The van der Waals surface area contributed by atoms with E-state index in [2.05, 4.69) is 21.2 Å². The molecule has 120 valence electrons. The Morgan fingerprint density at radius 2 is 1.87 bits per heavy atom. The van der Waals surface area contributed by atoms with E-state index >= 15 is 0 Å². The molecular formula is C16H14BrClN2O3. The van der Waals surface area contributed by atoms with Crippen LogP contribution in [0.3, 0.4) is 0 Å². The first-order chi connectivity index (χ1) is 10.9. The third-order valence-corrected chi connectivity index (χ3v) is 3.86. The molecule has 0 aliphatic carbocycles. The van der Waals surface area contributed by atoms with Crippen LogP contribution in [-0.2, 0) is 4.79 Å². The number of hydrogen-bond donors (Lipinski definition) is 2. The Hall–Kier alpha value is -2.05. The van der Waals surface area contributed by atoms with E-state index in [1.807, 2.05) is 0 Å². The van der Waals surface area contributed by atoms with Gasteiger partial charge in [-0.2, -0.15) is 0 Å². The van der Waals surface area contributed by atoms with E-state index < -0.39 is 12.0 Å². The molecule has 23 heavy (non-hydrogen) atoms. The van der Waals surface area contributed by atoms with Gasteiger partial charge in [-0.25, -0.2) is 0 Å². The fourth-order valence-corrected chi connectivity index (χ4v) is 2.55. The van der Waals surface area contributed by atoms with Gasteiger partial charge in [0.05, 0.1) is 4.47 Å². The SMILES string of the molecule is C[C@H](Oc1ccc(Cl)cc1Br)C(=O)Nc1ccc(C(N)=O)cc1. The molecule has 1 atom stereocenters. The number of benzene rings is 2. The van der Waals surface area contributed by atoms with E-state index in [4.69, 9.17) is 22.1 Å². The second-order valence-corrected chi connectivity index (χ2v) is 6.06. The van der Waals surface area contributed by atoms with Crippen LogP contribution in [0.1, 0.15) is 17.3 Å². The Morgan fingerprint density at radius 3 is 2.43 bits per heavy atom. The first-order valence-corrected chi connectivity index (χ1v) is 7.86. The molecule has 0 heterocycles. The predicted octanol–water partition coefficient (Wildman–Crippen LogP) is 3.61. The van der Waals surface area contributed by atoms with Crippen molar-refractivity contribution >= 4 is 45.0 Å². The van der Waals surface area contributed by atoms with E-state index in [-0.39, 0.29) is 5.91 Å². The van der Waals surface area contributed by atoms with Gasteiger partial charge in [0.1, 0.15) is 5.75 Å². The van der Waals surface area contributed by atoms with Crippen molar-refractivity contribution in [3.05, 3.63) is 57.5 Å². The number of carbonyl (C=O) groups excluding carboxylic acids is 2. The predicted molar refractivity (Wildman–Crippen MR) is 92.8 cm³/mol. The topological polar surface area (TPSA) is 81.4 Å². The number of hydrogen-bond acceptors (Lipinski definition) is 3. The second-order valence-electron chi connectivity index (χ2n) is 4.77. The van der Waals surface area contributed by atoms with E-state index in [9.17, 15) is 9.59 Å². The van der Waals surface area contributed by atoms with Crippen molar-refractivity contribution in [1.82, 2.24) is 0 Å². The maximum absolute atomic E-state index is 12.1. The second kappa shape index (κ2) is 7.48. The highest BCUT2D eigenvalue weighted by molar-refractivity contribution is 9.10. The molecule has 5 nitrogen and oxygen atoms in total. The quantitative estimate of drug-likeness (QED) is 0.808. The summed E-state index contributed by atoms with van der Waals surface area (Å²) in [5, 5.41) is 3.27. The maximum Gasteiger partial charge on any atom is 0.265 e.